The number of carbonyl (C=O) groups is 3. The lowest BCUT2D eigenvalue weighted by molar-refractivity contribution is -0.119. The van der Waals surface area contributed by atoms with E-state index in [1.54, 1.807) is 17.0 Å². The molecule has 1 aliphatic heterocycles. The molecular weight excluding hydrogens is 390 g/mol. The Morgan fingerprint density at radius 1 is 1.10 bits per heavy atom. The number of benzene rings is 1. The van der Waals surface area contributed by atoms with Crippen LogP contribution in [0.2, 0.25) is 0 Å². The minimum Gasteiger partial charge on any atom is -0.459 e. The predicted octanol–water partition coefficient (Wildman–Crippen LogP) is 2.68. The van der Waals surface area contributed by atoms with Gasteiger partial charge in [0, 0.05) is 24.8 Å². The summed E-state index contributed by atoms with van der Waals surface area (Å²) in [6.45, 7) is 3.12. The van der Waals surface area contributed by atoms with Crippen molar-refractivity contribution in [3.05, 3.63) is 54.0 Å². The average Bonchev–Trinajstić information content (AvgIpc) is 3.23. The van der Waals surface area contributed by atoms with Crippen LogP contribution >= 0.6 is 11.8 Å². The Bertz CT molecular complexity index is 845. The van der Waals surface area contributed by atoms with Gasteiger partial charge in [-0.25, -0.2) is 0 Å². The number of furan rings is 1. The number of thioether (sulfide) groups is 1. The van der Waals surface area contributed by atoms with Gasteiger partial charge in [-0.15, -0.1) is 11.8 Å². The van der Waals surface area contributed by atoms with Gasteiger partial charge in [-0.2, -0.15) is 0 Å². The number of hydrogen-bond donors (Lipinski definition) is 2. The van der Waals surface area contributed by atoms with Gasteiger partial charge in [-0.3, -0.25) is 14.4 Å². The number of likely N-dealkylation sites (tertiary alicyclic amines) is 1. The number of anilines is 1. The van der Waals surface area contributed by atoms with Crippen molar-refractivity contribution in [2.45, 2.75) is 25.8 Å². The Labute approximate surface area is 174 Å². The molecule has 3 rings (SSSR count). The van der Waals surface area contributed by atoms with Crippen LogP contribution in [0.5, 0.6) is 0 Å². The molecule has 7 nitrogen and oxygen atoms in total. The molecule has 2 N–H and O–H groups in total. The summed E-state index contributed by atoms with van der Waals surface area (Å²) in [5.74, 6) is 0.458. The van der Waals surface area contributed by atoms with E-state index in [4.69, 9.17) is 4.42 Å². The van der Waals surface area contributed by atoms with Crippen LogP contribution in [0.15, 0.2) is 47.1 Å². The summed E-state index contributed by atoms with van der Waals surface area (Å²) < 4.78 is 5.15. The third kappa shape index (κ3) is 6.39. The van der Waals surface area contributed by atoms with Crippen LogP contribution in [0.3, 0.4) is 0 Å². The zero-order chi connectivity index (χ0) is 20.6. The van der Waals surface area contributed by atoms with Crippen molar-refractivity contribution in [1.82, 2.24) is 10.2 Å². The number of amides is 3. The van der Waals surface area contributed by atoms with E-state index >= 15 is 0 Å². The van der Waals surface area contributed by atoms with Gasteiger partial charge in [0.2, 0.25) is 11.8 Å². The molecule has 3 amide bonds. The number of piperidine rings is 1. The molecule has 8 heteroatoms. The summed E-state index contributed by atoms with van der Waals surface area (Å²) in [5.41, 5.74) is 1.84. The van der Waals surface area contributed by atoms with Crippen LogP contribution in [-0.2, 0) is 9.59 Å². The molecule has 0 bridgehead atoms. The Morgan fingerprint density at radius 2 is 1.86 bits per heavy atom. The van der Waals surface area contributed by atoms with Gasteiger partial charge in [0.05, 0.1) is 17.8 Å². The summed E-state index contributed by atoms with van der Waals surface area (Å²) in [5, 5.41) is 5.82. The molecule has 154 valence electrons. The smallest absolute Gasteiger partial charge is 0.289 e. The Hall–Kier alpha value is -2.74. The third-order valence-corrected chi connectivity index (χ3v) is 5.58. The van der Waals surface area contributed by atoms with E-state index in [1.165, 1.54) is 18.0 Å². The van der Waals surface area contributed by atoms with Crippen LogP contribution in [0.4, 0.5) is 5.69 Å². The average molecular weight is 416 g/mol. The van der Waals surface area contributed by atoms with E-state index in [0.29, 0.717) is 31.7 Å². The van der Waals surface area contributed by atoms with E-state index in [2.05, 4.69) is 10.6 Å². The number of carbonyl (C=O) groups excluding carboxylic acids is 3. The fraction of sp³-hybridized carbons (Fsp3) is 0.381. The zero-order valence-electron chi connectivity index (χ0n) is 16.3. The normalized spacial score (nSPS) is 14.4. The van der Waals surface area contributed by atoms with E-state index in [9.17, 15) is 14.4 Å². The van der Waals surface area contributed by atoms with Gasteiger partial charge in [0.15, 0.2) is 5.76 Å². The molecule has 1 aromatic carbocycles. The van der Waals surface area contributed by atoms with E-state index < -0.39 is 0 Å². The topological polar surface area (TPSA) is 91.7 Å². The quantitative estimate of drug-likeness (QED) is 0.725. The highest BCUT2D eigenvalue weighted by molar-refractivity contribution is 8.00. The van der Waals surface area contributed by atoms with Gasteiger partial charge in [-0.05, 0) is 49.6 Å². The summed E-state index contributed by atoms with van der Waals surface area (Å²) in [6.07, 6.45) is 2.90. The van der Waals surface area contributed by atoms with Crippen molar-refractivity contribution in [3.8, 4) is 0 Å². The monoisotopic (exact) mass is 415 g/mol. The second-order valence-corrected chi connectivity index (χ2v) is 8.01. The first-order chi connectivity index (χ1) is 14.0. The first-order valence-corrected chi connectivity index (χ1v) is 10.7. The molecule has 1 fully saturated rings. The summed E-state index contributed by atoms with van der Waals surface area (Å²) in [4.78, 5) is 38.1. The lowest BCUT2D eigenvalue weighted by Crippen LogP contribution is -2.47. The first kappa shape index (κ1) is 21.0. The van der Waals surface area contributed by atoms with Crippen LogP contribution in [0, 0.1) is 6.92 Å². The minimum atomic E-state index is -0.127. The van der Waals surface area contributed by atoms with Gasteiger partial charge in [0.1, 0.15) is 0 Å². The van der Waals surface area contributed by atoms with Gasteiger partial charge in [0.25, 0.3) is 5.91 Å². The summed E-state index contributed by atoms with van der Waals surface area (Å²) in [7, 11) is 0. The molecule has 0 radical (unpaired) electrons. The molecule has 2 aromatic rings. The van der Waals surface area contributed by atoms with Crippen LogP contribution in [-0.4, -0.2) is 53.3 Å². The maximum absolute atomic E-state index is 12.2. The van der Waals surface area contributed by atoms with Crippen molar-refractivity contribution < 1.29 is 18.8 Å². The van der Waals surface area contributed by atoms with Crippen molar-refractivity contribution in [2.75, 3.05) is 29.9 Å². The Morgan fingerprint density at radius 3 is 2.55 bits per heavy atom. The lowest BCUT2D eigenvalue weighted by atomic mass is 10.0. The number of rotatable bonds is 7. The second-order valence-electron chi connectivity index (χ2n) is 7.02. The van der Waals surface area contributed by atoms with Crippen LogP contribution < -0.4 is 10.6 Å². The SMILES string of the molecule is Cc1cccc(NC(=O)CSCC(=O)NC2CCN(C(=O)c3ccco3)CC2)c1. The second kappa shape index (κ2) is 10.2. The molecule has 0 saturated carbocycles. The highest BCUT2D eigenvalue weighted by atomic mass is 32.2. The standard InChI is InChI=1S/C21H25N3O4S/c1-15-4-2-5-17(12-15)23-20(26)14-29-13-19(25)22-16-7-9-24(10-8-16)21(27)18-6-3-11-28-18/h2-6,11-12,16H,7-10,13-14H2,1H3,(H,22,25)(H,23,26). The largest absolute Gasteiger partial charge is 0.459 e. The van der Waals surface area contributed by atoms with Gasteiger partial charge >= 0.3 is 0 Å². The number of nitrogens with zero attached hydrogens (tertiary/aromatic N) is 1. The maximum Gasteiger partial charge on any atom is 0.289 e. The zero-order valence-corrected chi connectivity index (χ0v) is 17.2. The number of hydrogen-bond acceptors (Lipinski definition) is 5. The summed E-state index contributed by atoms with van der Waals surface area (Å²) in [6, 6.07) is 11.0. The Balaban J connectivity index is 1.32. The molecule has 1 aromatic heterocycles. The predicted molar refractivity (Wildman–Crippen MR) is 113 cm³/mol. The van der Waals surface area contributed by atoms with Crippen molar-refractivity contribution in [3.63, 3.8) is 0 Å². The number of aryl methyl sites for hydroxylation is 1. The number of nitrogens with one attached hydrogen (secondary N) is 2. The molecule has 29 heavy (non-hydrogen) atoms. The molecule has 1 aliphatic rings. The van der Waals surface area contributed by atoms with Gasteiger partial charge < -0.3 is 20.0 Å². The molecule has 2 heterocycles. The minimum absolute atomic E-state index is 0.0462. The van der Waals surface area contributed by atoms with Crippen LogP contribution in [0.25, 0.3) is 0 Å². The van der Waals surface area contributed by atoms with Crippen molar-refractivity contribution in [1.29, 1.82) is 0 Å². The fourth-order valence-corrected chi connectivity index (χ4v) is 3.84. The van der Waals surface area contributed by atoms with Crippen molar-refractivity contribution >= 4 is 35.2 Å². The Kier molecular flexibility index (Phi) is 7.35. The molecule has 0 unspecified atom stereocenters. The van der Waals surface area contributed by atoms with E-state index in [0.717, 1.165) is 11.3 Å². The summed E-state index contributed by atoms with van der Waals surface area (Å²) >= 11 is 1.28. The highest BCUT2D eigenvalue weighted by Crippen LogP contribution is 2.15. The molecule has 0 aliphatic carbocycles. The highest BCUT2D eigenvalue weighted by Gasteiger charge is 2.25. The van der Waals surface area contributed by atoms with Crippen LogP contribution in [0.1, 0.15) is 29.0 Å². The third-order valence-electron chi connectivity index (χ3n) is 4.65. The van der Waals surface area contributed by atoms with Gasteiger partial charge in [-0.1, -0.05) is 12.1 Å². The molecule has 0 atom stereocenters. The van der Waals surface area contributed by atoms with E-state index in [1.807, 2.05) is 31.2 Å². The lowest BCUT2D eigenvalue weighted by Gasteiger charge is -2.31. The fourth-order valence-electron chi connectivity index (χ4n) is 3.21. The van der Waals surface area contributed by atoms with Crippen molar-refractivity contribution in [2.24, 2.45) is 0 Å². The molecule has 0 spiro atoms. The molecule has 1 saturated heterocycles. The maximum atomic E-state index is 12.2. The first-order valence-electron chi connectivity index (χ1n) is 9.57. The molecular formula is C21H25N3O4S. The van der Waals surface area contributed by atoms with E-state index in [-0.39, 0.29) is 35.3 Å².